The zero-order valence-electron chi connectivity index (χ0n) is 14.4. The standard InChI is InChI=1S/C20H19ClN4O/c1-25(13-10-15-8-11-22-12-9-15)20(26)19-7-6-18(14-23-19)24-17-4-2-16(21)3-5-17/h2-9,11-12,14,24H,10,13H2,1H3. The number of rotatable bonds is 6. The second-order valence-corrected chi connectivity index (χ2v) is 6.33. The van der Waals surface area contributed by atoms with Crippen LogP contribution in [0.5, 0.6) is 0 Å². The third-order valence-electron chi connectivity index (χ3n) is 3.95. The number of likely N-dealkylation sites (N-methyl/N-ethyl adjacent to an activating group) is 1. The van der Waals surface area contributed by atoms with Crippen LogP contribution in [0.25, 0.3) is 0 Å². The number of hydrogen-bond acceptors (Lipinski definition) is 4. The van der Waals surface area contributed by atoms with Crippen molar-refractivity contribution in [3.63, 3.8) is 0 Å². The highest BCUT2D eigenvalue weighted by atomic mass is 35.5. The molecular weight excluding hydrogens is 348 g/mol. The molecule has 0 spiro atoms. The summed E-state index contributed by atoms with van der Waals surface area (Å²) in [7, 11) is 1.78. The summed E-state index contributed by atoms with van der Waals surface area (Å²) in [4.78, 5) is 22.4. The van der Waals surface area contributed by atoms with E-state index >= 15 is 0 Å². The average molecular weight is 367 g/mol. The molecule has 0 bridgehead atoms. The molecule has 0 aliphatic rings. The van der Waals surface area contributed by atoms with Crippen molar-refractivity contribution < 1.29 is 4.79 Å². The van der Waals surface area contributed by atoms with Gasteiger partial charge in [0, 0.05) is 36.7 Å². The number of hydrogen-bond donors (Lipinski definition) is 1. The predicted octanol–water partition coefficient (Wildman–Crippen LogP) is 4.19. The van der Waals surface area contributed by atoms with Gasteiger partial charge in [-0.3, -0.25) is 9.78 Å². The van der Waals surface area contributed by atoms with Crippen molar-refractivity contribution in [3.05, 3.63) is 83.4 Å². The van der Waals surface area contributed by atoms with E-state index in [1.165, 1.54) is 0 Å². The lowest BCUT2D eigenvalue weighted by atomic mass is 10.2. The Balaban J connectivity index is 1.58. The van der Waals surface area contributed by atoms with E-state index in [2.05, 4.69) is 15.3 Å². The van der Waals surface area contributed by atoms with Gasteiger partial charge >= 0.3 is 0 Å². The van der Waals surface area contributed by atoms with Crippen LogP contribution in [0.2, 0.25) is 5.02 Å². The van der Waals surface area contributed by atoms with E-state index in [1.807, 2.05) is 42.5 Å². The first kappa shape index (κ1) is 17.9. The van der Waals surface area contributed by atoms with Gasteiger partial charge in [-0.15, -0.1) is 0 Å². The fourth-order valence-electron chi connectivity index (χ4n) is 2.44. The quantitative estimate of drug-likeness (QED) is 0.710. The lowest BCUT2D eigenvalue weighted by Gasteiger charge is -2.17. The van der Waals surface area contributed by atoms with E-state index in [-0.39, 0.29) is 5.91 Å². The van der Waals surface area contributed by atoms with E-state index in [0.717, 1.165) is 23.4 Å². The first-order chi connectivity index (χ1) is 12.6. The zero-order chi connectivity index (χ0) is 18.4. The maximum Gasteiger partial charge on any atom is 0.272 e. The lowest BCUT2D eigenvalue weighted by Crippen LogP contribution is -2.29. The Morgan fingerprint density at radius 2 is 1.73 bits per heavy atom. The van der Waals surface area contributed by atoms with Crippen LogP contribution in [0, 0.1) is 0 Å². The van der Waals surface area contributed by atoms with Gasteiger partial charge in [0.25, 0.3) is 5.91 Å². The Bertz CT molecular complexity index is 851. The van der Waals surface area contributed by atoms with Crippen LogP contribution in [-0.4, -0.2) is 34.4 Å². The first-order valence-corrected chi connectivity index (χ1v) is 8.62. The number of nitrogens with one attached hydrogen (secondary N) is 1. The molecule has 0 saturated heterocycles. The monoisotopic (exact) mass is 366 g/mol. The van der Waals surface area contributed by atoms with Crippen LogP contribution in [0.3, 0.4) is 0 Å². The summed E-state index contributed by atoms with van der Waals surface area (Å²) < 4.78 is 0. The van der Waals surface area contributed by atoms with E-state index < -0.39 is 0 Å². The molecule has 0 fully saturated rings. The number of nitrogens with zero attached hydrogens (tertiary/aromatic N) is 3. The number of halogens is 1. The van der Waals surface area contributed by atoms with Crippen molar-refractivity contribution in [2.75, 3.05) is 18.9 Å². The minimum absolute atomic E-state index is 0.0999. The molecule has 5 nitrogen and oxygen atoms in total. The Labute approximate surface area is 157 Å². The summed E-state index contributed by atoms with van der Waals surface area (Å²) >= 11 is 5.88. The topological polar surface area (TPSA) is 58.1 Å². The Morgan fingerprint density at radius 1 is 1.04 bits per heavy atom. The molecule has 132 valence electrons. The van der Waals surface area contributed by atoms with Crippen molar-refractivity contribution in [3.8, 4) is 0 Å². The molecule has 2 heterocycles. The van der Waals surface area contributed by atoms with Crippen LogP contribution in [0.4, 0.5) is 11.4 Å². The summed E-state index contributed by atoms with van der Waals surface area (Å²) in [5.74, 6) is -0.0999. The van der Waals surface area contributed by atoms with Crippen molar-refractivity contribution >= 4 is 28.9 Å². The molecule has 0 saturated carbocycles. The Hall–Kier alpha value is -2.92. The van der Waals surface area contributed by atoms with E-state index in [0.29, 0.717) is 17.3 Å². The van der Waals surface area contributed by atoms with Gasteiger partial charge in [-0.2, -0.15) is 0 Å². The Morgan fingerprint density at radius 3 is 2.38 bits per heavy atom. The van der Waals surface area contributed by atoms with Crippen LogP contribution in [-0.2, 0) is 6.42 Å². The first-order valence-electron chi connectivity index (χ1n) is 8.25. The number of aromatic nitrogens is 2. The van der Waals surface area contributed by atoms with Crippen molar-refractivity contribution in [1.82, 2.24) is 14.9 Å². The van der Waals surface area contributed by atoms with E-state index in [4.69, 9.17) is 11.6 Å². The molecule has 1 amide bonds. The van der Waals surface area contributed by atoms with Gasteiger partial charge in [0.15, 0.2) is 0 Å². The molecule has 0 aliphatic heterocycles. The number of benzene rings is 1. The van der Waals surface area contributed by atoms with Crippen molar-refractivity contribution in [1.29, 1.82) is 0 Å². The second-order valence-electron chi connectivity index (χ2n) is 5.90. The summed E-state index contributed by atoms with van der Waals surface area (Å²) in [5, 5.41) is 3.91. The second kappa shape index (κ2) is 8.45. The van der Waals surface area contributed by atoms with Gasteiger partial charge in [0.05, 0.1) is 11.9 Å². The summed E-state index contributed by atoms with van der Waals surface area (Å²) in [6.07, 6.45) is 5.94. The van der Waals surface area contributed by atoms with Crippen LogP contribution < -0.4 is 5.32 Å². The number of carbonyl (C=O) groups is 1. The largest absolute Gasteiger partial charge is 0.354 e. The smallest absolute Gasteiger partial charge is 0.272 e. The molecule has 26 heavy (non-hydrogen) atoms. The van der Waals surface area contributed by atoms with Crippen LogP contribution >= 0.6 is 11.6 Å². The van der Waals surface area contributed by atoms with Crippen LogP contribution in [0.15, 0.2) is 67.1 Å². The minimum atomic E-state index is -0.0999. The van der Waals surface area contributed by atoms with Gasteiger partial charge < -0.3 is 10.2 Å². The Kier molecular flexibility index (Phi) is 5.81. The molecule has 2 aromatic heterocycles. The van der Waals surface area contributed by atoms with Gasteiger partial charge in [0.1, 0.15) is 5.69 Å². The molecule has 0 aliphatic carbocycles. The third kappa shape index (κ3) is 4.80. The molecule has 0 atom stereocenters. The van der Waals surface area contributed by atoms with Gasteiger partial charge in [-0.1, -0.05) is 11.6 Å². The fraction of sp³-hybridized carbons (Fsp3) is 0.150. The number of anilines is 2. The minimum Gasteiger partial charge on any atom is -0.354 e. The number of pyridine rings is 2. The molecule has 1 N–H and O–H groups in total. The zero-order valence-corrected chi connectivity index (χ0v) is 15.1. The maximum atomic E-state index is 12.5. The molecule has 1 aromatic carbocycles. The highest BCUT2D eigenvalue weighted by Crippen LogP contribution is 2.18. The normalized spacial score (nSPS) is 10.4. The van der Waals surface area contributed by atoms with Crippen molar-refractivity contribution in [2.45, 2.75) is 6.42 Å². The highest BCUT2D eigenvalue weighted by molar-refractivity contribution is 6.30. The molecule has 3 rings (SSSR count). The predicted molar refractivity (Wildman–Crippen MR) is 104 cm³/mol. The lowest BCUT2D eigenvalue weighted by molar-refractivity contribution is 0.0791. The van der Waals surface area contributed by atoms with Crippen molar-refractivity contribution in [2.24, 2.45) is 0 Å². The molecule has 0 unspecified atom stereocenters. The van der Waals surface area contributed by atoms with Gasteiger partial charge in [0.2, 0.25) is 0 Å². The fourth-order valence-corrected chi connectivity index (χ4v) is 2.56. The SMILES string of the molecule is CN(CCc1ccncc1)C(=O)c1ccc(Nc2ccc(Cl)cc2)cn1. The third-order valence-corrected chi connectivity index (χ3v) is 4.20. The highest BCUT2D eigenvalue weighted by Gasteiger charge is 2.13. The molecule has 6 heteroatoms. The maximum absolute atomic E-state index is 12.5. The van der Waals surface area contributed by atoms with E-state index in [9.17, 15) is 4.79 Å². The average Bonchev–Trinajstić information content (AvgIpc) is 2.69. The molecule has 3 aromatic rings. The summed E-state index contributed by atoms with van der Waals surface area (Å²) in [6, 6.07) is 14.9. The van der Waals surface area contributed by atoms with Gasteiger partial charge in [-0.05, 0) is 60.5 Å². The number of carbonyl (C=O) groups excluding carboxylic acids is 1. The van der Waals surface area contributed by atoms with Gasteiger partial charge in [-0.25, -0.2) is 4.98 Å². The summed E-state index contributed by atoms with van der Waals surface area (Å²) in [6.45, 7) is 0.620. The molecular formula is C20H19ClN4O. The number of amides is 1. The van der Waals surface area contributed by atoms with E-state index in [1.54, 1.807) is 36.6 Å². The molecule has 0 radical (unpaired) electrons. The van der Waals surface area contributed by atoms with Crippen LogP contribution in [0.1, 0.15) is 16.1 Å². The summed E-state index contributed by atoms with van der Waals surface area (Å²) in [5.41, 5.74) is 3.28.